The molecule has 2 rings (SSSR count). The molecule has 0 N–H and O–H groups in total. The number of ether oxygens (including phenoxy) is 6. The molecule has 0 bridgehead atoms. The molecule has 0 aromatic rings. The fraction of sp³-hybridized carbons (Fsp3) is 0.769. The van der Waals surface area contributed by atoms with Crippen LogP contribution in [0.15, 0.2) is 0 Å². The maximum Gasteiger partial charge on any atom is 0.303 e. The molecule has 9 heteroatoms. The molecular weight excluding hydrogens is 300 g/mol. The van der Waals surface area contributed by atoms with Gasteiger partial charge in [-0.1, -0.05) is 0 Å². The van der Waals surface area contributed by atoms with Gasteiger partial charge in [-0.3, -0.25) is 14.4 Å². The van der Waals surface area contributed by atoms with Crippen LogP contribution in [0.25, 0.3) is 0 Å². The van der Waals surface area contributed by atoms with Gasteiger partial charge in [0.15, 0.2) is 18.3 Å². The van der Waals surface area contributed by atoms with Crippen LogP contribution in [0.1, 0.15) is 20.8 Å². The predicted molar refractivity (Wildman–Crippen MR) is 67.2 cm³/mol. The molecule has 2 aliphatic heterocycles. The summed E-state index contributed by atoms with van der Waals surface area (Å²) in [6.07, 6.45) is -4.29. The van der Waals surface area contributed by atoms with Gasteiger partial charge in [-0.2, -0.15) is 0 Å². The van der Waals surface area contributed by atoms with E-state index in [0.717, 1.165) is 0 Å². The second-order valence-corrected chi connectivity index (χ2v) is 5.00. The van der Waals surface area contributed by atoms with Gasteiger partial charge in [-0.15, -0.1) is 0 Å². The van der Waals surface area contributed by atoms with Gasteiger partial charge < -0.3 is 28.4 Å². The number of methoxy groups -OCH3 is 1. The summed E-state index contributed by atoms with van der Waals surface area (Å²) in [6, 6.07) is 0. The Morgan fingerprint density at radius 3 is 1.86 bits per heavy atom. The lowest BCUT2D eigenvalue weighted by Crippen LogP contribution is -2.63. The van der Waals surface area contributed by atoms with Crippen molar-refractivity contribution in [2.45, 2.75) is 51.2 Å². The van der Waals surface area contributed by atoms with E-state index in [1.807, 2.05) is 0 Å². The van der Waals surface area contributed by atoms with E-state index < -0.39 is 48.3 Å². The highest BCUT2D eigenvalue weighted by molar-refractivity contribution is 5.68. The number of hydrogen-bond donors (Lipinski definition) is 0. The van der Waals surface area contributed by atoms with Crippen LogP contribution in [0.2, 0.25) is 0 Å². The van der Waals surface area contributed by atoms with Crippen LogP contribution in [-0.4, -0.2) is 62.0 Å². The quantitative estimate of drug-likeness (QED) is 0.385. The molecule has 0 aliphatic carbocycles. The van der Waals surface area contributed by atoms with Gasteiger partial charge in [0, 0.05) is 27.9 Å². The zero-order valence-corrected chi connectivity index (χ0v) is 12.7. The summed E-state index contributed by atoms with van der Waals surface area (Å²) in [4.78, 5) is 34.0. The fourth-order valence-corrected chi connectivity index (χ4v) is 2.36. The molecule has 2 aliphatic rings. The van der Waals surface area contributed by atoms with E-state index in [0.29, 0.717) is 0 Å². The Morgan fingerprint density at radius 2 is 1.45 bits per heavy atom. The standard InChI is InChI=1S/C13H18O9/c1-6(14)19-9-10(20-7(2)15)12(17-4)22-13(5-18-13)11(9)21-8(3)16/h9-12H,5H2,1-4H3/t9-,10+,11+,12+,13-/m1/s1. The highest BCUT2D eigenvalue weighted by atomic mass is 16.9. The van der Waals surface area contributed by atoms with E-state index in [2.05, 4.69) is 0 Å². The number of esters is 3. The summed E-state index contributed by atoms with van der Waals surface area (Å²) in [5.74, 6) is -3.13. The topological polar surface area (TPSA) is 110 Å². The molecule has 5 atom stereocenters. The van der Waals surface area contributed by atoms with Gasteiger partial charge in [0.25, 0.3) is 0 Å². The van der Waals surface area contributed by atoms with Crippen molar-refractivity contribution in [1.82, 2.24) is 0 Å². The molecule has 124 valence electrons. The number of carbonyl (C=O) groups is 3. The van der Waals surface area contributed by atoms with Crippen LogP contribution in [-0.2, 0) is 42.8 Å². The monoisotopic (exact) mass is 318 g/mol. The van der Waals surface area contributed by atoms with Gasteiger partial charge >= 0.3 is 17.9 Å². The number of hydrogen-bond acceptors (Lipinski definition) is 9. The molecule has 0 unspecified atom stereocenters. The summed E-state index contributed by atoms with van der Waals surface area (Å²) < 4.78 is 31.4. The van der Waals surface area contributed by atoms with Crippen molar-refractivity contribution < 1.29 is 42.8 Å². The van der Waals surface area contributed by atoms with Gasteiger partial charge in [0.05, 0.1) is 0 Å². The van der Waals surface area contributed by atoms with Crippen molar-refractivity contribution in [3.63, 3.8) is 0 Å². The zero-order chi connectivity index (χ0) is 16.5. The van der Waals surface area contributed by atoms with E-state index in [4.69, 9.17) is 28.4 Å². The Balaban J connectivity index is 2.33. The Bertz CT molecular complexity index is 470. The first-order valence-corrected chi connectivity index (χ1v) is 6.65. The van der Waals surface area contributed by atoms with E-state index >= 15 is 0 Å². The van der Waals surface area contributed by atoms with Gasteiger partial charge in [-0.25, -0.2) is 0 Å². The van der Waals surface area contributed by atoms with Crippen LogP contribution < -0.4 is 0 Å². The summed E-state index contributed by atoms with van der Waals surface area (Å²) in [6.45, 7) is 3.71. The Hall–Kier alpha value is -1.71. The van der Waals surface area contributed by atoms with Crippen molar-refractivity contribution >= 4 is 17.9 Å². The third-order valence-electron chi connectivity index (χ3n) is 3.20. The molecule has 0 radical (unpaired) electrons. The van der Waals surface area contributed by atoms with Crippen molar-refractivity contribution in [3.05, 3.63) is 0 Å². The van der Waals surface area contributed by atoms with E-state index in [1.165, 1.54) is 27.9 Å². The van der Waals surface area contributed by atoms with E-state index in [-0.39, 0.29) is 6.61 Å². The molecule has 2 saturated heterocycles. The largest absolute Gasteiger partial charge is 0.454 e. The Labute approximate surface area is 126 Å². The normalized spacial score (nSPS) is 36.5. The average molecular weight is 318 g/mol. The second-order valence-electron chi connectivity index (χ2n) is 5.00. The Morgan fingerprint density at radius 1 is 0.955 bits per heavy atom. The minimum absolute atomic E-state index is 0.134. The molecule has 1 spiro atoms. The summed E-state index contributed by atoms with van der Waals surface area (Å²) >= 11 is 0. The van der Waals surface area contributed by atoms with Crippen LogP contribution in [0.4, 0.5) is 0 Å². The molecule has 2 fully saturated rings. The van der Waals surface area contributed by atoms with Crippen molar-refractivity contribution in [3.8, 4) is 0 Å². The highest BCUT2D eigenvalue weighted by Gasteiger charge is 2.67. The molecule has 0 saturated carbocycles. The minimum Gasteiger partial charge on any atom is -0.454 e. The second kappa shape index (κ2) is 6.19. The van der Waals surface area contributed by atoms with Gasteiger partial charge in [0.1, 0.15) is 6.61 Å². The van der Waals surface area contributed by atoms with Crippen LogP contribution in [0.5, 0.6) is 0 Å². The maximum absolute atomic E-state index is 11.4. The molecule has 9 nitrogen and oxygen atoms in total. The number of carbonyl (C=O) groups excluding carboxylic acids is 3. The lowest BCUT2D eigenvalue weighted by molar-refractivity contribution is -0.326. The van der Waals surface area contributed by atoms with Crippen LogP contribution in [0, 0.1) is 0 Å². The molecule has 0 aromatic heterocycles. The lowest BCUT2D eigenvalue weighted by Gasteiger charge is -2.42. The van der Waals surface area contributed by atoms with E-state index in [1.54, 1.807) is 0 Å². The smallest absolute Gasteiger partial charge is 0.303 e. The molecule has 0 aromatic carbocycles. The van der Waals surface area contributed by atoms with Crippen LogP contribution in [0.3, 0.4) is 0 Å². The molecule has 22 heavy (non-hydrogen) atoms. The third-order valence-corrected chi connectivity index (χ3v) is 3.20. The minimum atomic E-state index is -1.26. The summed E-state index contributed by atoms with van der Waals surface area (Å²) in [5, 5.41) is 0. The maximum atomic E-state index is 11.4. The first-order valence-electron chi connectivity index (χ1n) is 6.65. The lowest BCUT2D eigenvalue weighted by atomic mass is 9.98. The van der Waals surface area contributed by atoms with Crippen LogP contribution >= 0.6 is 0 Å². The fourth-order valence-electron chi connectivity index (χ4n) is 2.36. The Kier molecular flexibility index (Phi) is 4.69. The SMILES string of the molecule is CO[C@H]1O[C@]2(CO2)[C@@H](OC(C)=O)[C@H](OC(C)=O)[C@@H]1OC(C)=O. The first-order chi connectivity index (χ1) is 10.3. The van der Waals surface area contributed by atoms with E-state index in [9.17, 15) is 14.4 Å². The first kappa shape index (κ1) is 16.7. The molecule has 0 amide bonds. The van der Waals surface area contributed by atoms with Crippen molar-refractivity contribution in [1.29, 1.82) is 0 Å². The average Bonchev–Trinajstić information content (AvgIpc) is 3.16. The summed E-state index contributed by atoms with van der Waals surface area (Å²) in [5.41, 5.74) is 0. The van der Waals surface area contributed by atoms with Crippen molar-refractivity contribution in [2.75, 3.05) is 13.7 Å². The number of rotatable bonds is 4. The highest BCUT2D eigenvalue weighted by Crippen LogP contribution is 2.44. The third kappa shape index (κ3) is 3.37. The predicted octanol–water partition coefficient (Wildman–Crippen LogP) is -0.489. The van der Waals surface area contributed by atoms with Gasteiger partial charge in [-0.05, 0) is 0 Å². The molecular formula is C13H18O9. The van der Waals surface area contributed by atoms with Gasteiger partial charge in [0.2, 0.25) is 12.1 Å². The zero-order valence-electron chi connectivity index (χ0n) is 12.7. The molecule has 2 heterocycles. The van der Waals surface area contributed by atoms with Crippen molar-refractivity contribution in [2.24, 2.45) is 0 Å². The number of epoxide rings is 1. The summed E-state index contributed by atoms with van der Waals surface area (Å²) in [7, 11) is 1.34.